The Labute approximate surface area is 189 Å². The Morgan fingerprint density at radius 2 is 2.00 bits per heavy atom. The van der Waals surface area contributed by atoms with Gasteiger partial charge in [0.1, 0.15) is 0 Å². The van der Waals surface area contributed by atoms with E-state index >= 15 is 0 Å². The summed E-state index contributed by atoms with van der Waals surface area (Å²) in [7, 11) is 2.11. The molecule has 0 radical (unpaired) electrons. The molecule has 7 heteroatoms. The highest BCUT2D eigenvalue weighted by molar-refractivity contribution is 14.0. The van der Waals surface area contributed by atoms with Gasteiger partial charge in [-0.25, -0.2) is 4.99 Å². The topological polar surface area (TPSA) is 40.1 Å². The van der Waals surface area contributed by atoms with Crippen molar-refractivity contribution >= 4 is 47.0 Å². The van der Waals surface area contributed by atoms with Crippen LogP contribution in [0.5, 0.6) is 0 Å². The number of nitrogens with zero attached hydrogens (tertiary/aromatic N) is 3. The van der Waals surface area contributed by atoms with Crippen LogP contribution in [0, 0.1) is 0 Å². The van der Waals surface area contributed by atoms with Crippen LogP contribution in [-0.4, -0.2) is 57.3 Å². The van der Waals surface area contributed by atoms with Crippen LogP contribution in [0.2, 0.25) is 0 Å². The quantitative estimate of drug-likeness (QED) is 0.347. The first-order valence-electron chi connectivity index (χ1n) is 9.70. The van der Waals surface area contributed by atoms with E-state index in [1.165, 1.54) is 16.1 Å². The molecule has 2 aromatic rings. The average molecular weight is 514 g/mol. The molecule has 0 atom stereocenters. The lowest BCUT2D eigenvalue weighted by atomic mass is 10.1. The maximum Gasteiger partial charge on any atom is 0.193 e. The number of thiophene rings is 1. The van der Waals surface area contributed by atoms with Crippen LogP contribution in [0.15, 0.2) is 46.8 Å². The van der Waals surface area contributed by atoms with Gasteiger partial charge < -0.3 is 19.9 Å². The second-order valence-electron chi connectivity index (χ2n) is 6.65. The number of morpholine rings is 1. The molecule has 154 valence electrons. The number of rotatable bonds is 7. The fraction of sp³-hybridized carbons (Fsp3) is 0.476. The molecule has 1 saturated heterocycles. The molecule has 0 bridgehead atoms. The molecule has 28 heavy (non-hydrogen) atoms. The predicted octanol–water partition coefficient (Wildman–Crippen LogP) is 3.84. The molecule has 2 heterocycles. The number of hydrogen-bond acceptors (Lipinski definition) is 4. The molecular formula is C21H31IN4OS. The van der Waals surface area contributed by atoms with E-state index in [1.54, 1.807) is 0 Å². The monoisotopic (exact) mass is 514 g/mol. The number of halogens is 1. The van der Waals surface area contributed by atoms with Gasteiger partial charge in [-0.1, -0.05) is 24.3 Å². The van der Waals surface area contributed by atoms with Crippen LogP contribution in [0.1, 0.15) is 17.4 Å². The number of likely N-dealkylation sites (N-methyl/N-ethyl adjacent to an activating group) is 1. The van der Waals surface area contributed by atoms with E-state index in [9.17, 15) is 0 Å². The summed E-state index contributed by atoms with van der Waals surface area (Å²) in [4.78, 5) is 11.0. The third-order valence-corrected chi connectivity index (χ3v) is 5.65. The molecule has 3 rings (SSSR count). The summed E-state index contributed by atoms with van der Waals surface area (Å²) in [6.45, 7) is 8.11. The van der Waals surface area contributed by atoms with E-state index in [-0.39, 0.29) is 24.0 Å². The number of hydrogen-bond donors (Lipinski definition) is 1. The average Bonchev–Trinajstić information content (AvgIpc) is 3.24. The maximum absolute atomic E-state index is 5.50. The summed E-state index contributed by atoms with van der Waals surface area (Å²) in [5, 5.41) is 5.56. The Morgan fingerprint density at radius 3 is 2.71 bits per heavy atom. The van der Waals surface area contributed by atoms with E-state index in [0.717, 1.165) is 51.8 Å². The Balaban J connectivity index is 0.00000280. The number of aliphatic imine (C=N–C) groups is 1. The van der Waals surface area contributed by atoms with Crippen molar-refractivity contribution in [1.82, 2.24) is 10.2 Å². The van der Waals surface area contributed by atoms with Gasteiger partial charge in [-0.2, -0.15) is 0 Å². The Kier molecular flexibility index (Phi) is 10.1. The molecule has 0 aliphatic carbocycles. The first kappa shape index (κ1) is 23.0. The summed E-state index contributed by atoms with van der Waals surface area (Å²) in [6.07, 6.45) is 1.04. The number of benzene rings is 1. The van der Waals surface area contributed by atoms with Crippen molar-refractivity contribution in [2.45, 2.75) is 19.9 Å². The van der Waals surface area contributed by atoms with Gasteiger partial charge in [-0.3, -0.25) is 0 Å². The van der Waals surface area contributed by atoms with Crippen molar-refractivity contribution in [3.63, 3.8) is 0 Å². The van der Waals surface area contributed by atoms with Gasteiger partial charge in [0.15, 0.2) is 5.96 Å². The van der Waals surface area contributed by atoms with Crippen LogP contribution < -0.4 is 10.2 Å². The fourth-order valence-electron chi connectivity index (χ4n) is 3.23. The summed E-state index contributed by atoms with van der Waals surface area (Å²) in [5.74, 6) is 0.964. The molecule has 1 aliphatic heterocycles. The van der Waals surface area contributed by atoms with Gasteiger partial charge in [0.05, 0.1) is 19.8 Å². The van der Waals surface area contributed by atoms with Crippen molar-refractivity contribution in [3.8, 4) is 0 Å². The number of guanidine groups is 1. The first-order chi connectivity index (χ1) is 13.3. The molecule has 1 aliphatic rings. The highest BCUT2D eigenvalue weighted by Gasteiger charge is 2.14. The molecule has 1 N–H and O–H groups in total. The van der Waals surface area contributed by atoms with Crippen LogP contribution in [0.25, 0.3) is 0 Å². The summed E-state index contributed by atoms with van der Waals surface area (Å²) >= 11 is 1.82. The molecule has 0 unspecified atom stereocenters. The third-order valence-electron chi connectivity index (χ3n) is 4.71. The molecular weight excluding hydrogens is 483 g/mol. The number of nitrogens with one attached hydrogen (secondary N) is 1. The maximum atomic E-state index is 5.50. The first-order valence-corrected chi connectivity index (χ1v) is 10.6. The van der Waals surface area contributed by atoms with E-state index < -0.39 is 0 Å². The molecule has 1 aromatic heterocycles. The standard InChI is InChI=1S/C21H30N4OS.HI/c1-3-22-21(24(2)11-10-19-8-6-16-27-19)23-17-18-7-4-5-9-20(18)25-12-14-26-15-13-25;/h4-9,16H,3,10-15,17H2,1-2H3,(H,22,23);1H. The molecule has 5 nitrogen and oxygen atoms in total. The van der Waals surface area contributed by atoms with Gasteiger partial charge in [0.2, 0.25) is 0 Å². The Morgan fingerprint density at radius 1 is 1.21 bits per heavy atom. The molecule has 1 fully saturated rings. The van der Waals surface area contributed by atoms with Gasteiger partial charge in [0, 0.05) is 43.8 Å². The second-order valence-corrected chi connectivity index (χ2v) is 7.68. The Hall–Kier alpha value is -1.32. The van der Waals surface area contributed by atoms with Crippen molar-refractivity contribution < 1.29 is 4.74 Å². The number of ether oxygens (including phenoxy) is 1. The summed E-state index contributed by atoms with van der Waals surface area (Å²) in [5.41, 5.74) is 2.54. The van der Waals surface area contributed by atoms with Gasteiger partial charge in [-0.05, 0) is 36.4 Å². The molecule has 0 amide bonds. The van der Waals surface area contributed by atoms with E-state index in [1.807, 2.05) is 11.3 Å². The van der Waals surface area contributed by atoms with Gasteiger partial charge in [0.25, 0.3) is 0 Å². The second kappa shape index (κ2) is 12.3. The smallest absolute Gasteiger partial charge is 0.193 e. The zero-order valence-electron chi connectivity index (χ0n) is 16.8. The minimum atomic E-state index is 0. The zero-order valence-corrected chi connectivity index (χ0v) is 19.9. The third kappa shape index (κ3) is 6.63. The van der Waals surface area contributed by atoms with Gasteiger partial charge >= 0.3 is 0 Å². The minimum Gasteiger partial charge on any atom is -0.378 e. The highest BCUT2D eigenvalue weighted by Crippen LogP contribution is 2.22. The van der Waals surface area contributed by atoms with Crippen LogP contribution in [0.4, 0.5) is 5.69 Å². The lowest BCUT2D eigenvalue weighted by Gasteiger charge is -2.30. The van der Waals surface area contributed by atoms with Crippen molar-refractivity contribution in [3.05, 3.63) is 52.2 Å². The normalized spacial score (nSPS) is 14.5. The summed E-state index contributed by atoms with van der Waals surface area (Å²) < 4.78 is 5.50. The molecule has 0 spiro atoms. The lowest BCUT2D eigenvalue weighted by Crippen LogP contribution is -2.40. The van der Waals surface area contributed by atoms with Gasteiger partial charge in [-0.15, -0.1) is 35.3 Å². The SMILES string of the molecule is CCNC(=NCc1ccccc1N1CCOCC1)N(C)CCc1cccs1.I. The van der Waals surface area contributed by atoms with Crippen molar-refractivity contribution in [2.24, 2.45) is 4.99 Å². The van der Waals surface area contributed by atoms with Crippen molar-refractivity contribution in [1.29, 1.82) is 0 Å². The Bertz CT molecular complexity index is 717. The van der Waals surface area contributed by atoms with E-state index in [2.05, 4.69) is 70.9 Å². The lowest BCUT2D eigenvalue weighted by molar-refractivity contribution is 0.122. The van der Waals surface area contributed by atoms with Crippen LogP contribution >= 0.6 is 35.3 Å². The fourth-order valence-corrected chi connectivity index (χ4v) is 3.92. The van der Waals surface area contributed by atoms with Crippen LogP contribution in [0.3, 0.4) is 0 Å². The van der Waals surface area contributed by atoms with E-state index in [4.69, 9.17) is 9.73 Å². The zero-order chi connectivity index (χ0) is 18.9. The van der Waals surface area contributed by atoms with Crippen LogP contribution in [-0.2, 0) is 17.7 Å². The highest BCUT2D eigenvalue weighted by atomic mass is 127. The predicted molar refractivity (Wildman–Crippen MR) is 130 cm³/mol. The van der Waals surface area contributed by atoms with E-state index in [0.29, 0.717) is 6.54 Å². The number of anilines is 1. The largest absolute Gasteiger partial charge is 0.378 e. The molecule has 1 aromatic carbocycles. The minimum absolute atomic E-state index is 0. The summed E-state index contributed by atoms with van der Waals surface area (Å²) in [6, 6.07) is 12.9. The molecule has 0 saturated carbocycles. The number of para-hydroxylation sites is 1. The van der Waals surface area contributed by atoms with Crippen molar-refractivity contribution in [2.75, 3.05) is 51.3 Å².